The molecule has 2 amide bonds. The number of carbonyl (C=O) groups excluding carboxylic acids is 2. The monoisotopic (exact) mass is 376 g/mol. The van der Waals surface area contributed by atoms with Crippen LogP contribution in [0.15, 0.2) is 24.3 Å². The second kappa shape index (κ2) is 9.42. The molecule has 2 fully saturated rings. The lowest BCUT2D eigenvalue weighted by Crippen LogP contribution is -2.45. The van der Waals surface area contributed by atoms with Crippen molar-refractivity contribution in [2.45, 2.75) is 44.8 Å². The average Bonchev–Trinajstić information content (AvgIpc) is 3.33. The summed E-state index contributed by atoms with van der Waals surface area (Å²) >= 11 is 1.91. The Morgan fingerprint density at radius 2 is 2.15 bits per heavy atom. The van der Waals surface area contributed by atoms with E-state index < -0.39 is 0 Å². The lowest BCUT2D eigenvalue weighted by molar-refractivity contribution is -0.134. The number of rotatable bonds is 7. The van der Waals surface area contributed by atoms with Gasteiger partial charge in [0.25, 0.3) is 5.91 Å². The van der Waals surface area contributed by atoms with Crippen molar-refractivity contribution in [2.24, 2.45) is 0 Å². The van der Waals surface area contributed by atoms with Gasteiger partial charge in [-0.05, 0) is 43.6 Å². The molecular weight excluding hydrogens is 348 g/mol. The number of thioether (sulfide) groups is 1. The van der Waals surface area contributed by atoms with Gasteiger partial charge >= 0.3 is 0 Å². The van der Waals surface area contributed by atoms with Crippen molar-refractivity contribution in [3.63, 3.8) is 0 Å². The molecule has 0 saturated carbocycles. The van der Waals surface area contributed by atoms with Crippen LogP contribution in [-0.2, 0) is 9.53 Å². The highest BCUT2D eigenvalue weighted by Crippen LogP contribution is 2.25. The highest BCUT2D eigenvalue weighted by Gasteiger charge is 2.30. The number of amides is 2. The largest absolute Gasteiger partial charge is 0.376 e. The molecule has 0 bridgehead atoms. The molecule has 0 aromatic heterocycles. The minimum atomic E-state index is -0.113. The number of carbonyl (C=O) groups is 2. The Morgan fingerprint density at radius 3 is 2.85 bits per heavy atom. The number of hydrogen-bond acceptors (Lipinski definition) is 4. The first-order chi connectivity index (χ1) is 12.6. The number of benzene rings is 1. The molecule has 26 heavy (non-hydrogen) atoms. The fraction of sp³-hybridized carbons (Fsp3) is 0.600. The molecular formula is C20H28N2O3S. The third-order valence-corrected chi connectivity index (χ3v) is 6.25. The number of ether oxygens (including phenoxy) is 1. The zero-order valence-corrected chi connectivity index (χ0v) is 16.2. The summed E-state index contributed by atoms with van der Waals surface area (Å²) in [5.41, 5.74) is 1.61. The second-order valence-electron chi connectivity index (χ2n) is 7.02. The third-order valence-electron chi connectivity index (χ3n) is 5.11. The first-order valence-electron chi connectivity index (χ1n) is 9.48. The highest BCUT2D eigenvalue weighted by molar-refractivity contribution is 7.99. The molecule has 2 atom stereocenters. The maximum atomic E-state index is 12.8. The van der Waals surface area contributed by atoms with Crippen molar-refractivity contribution in [3.05, 3.63) is 35.4 Å². The van der Waals surface area contributed by atoms with Crippen molar-refractivity contribution in [2.75, 3.05) is 31.2 Å². The van der Waals surface area contributed by atoms with Gasteiger partial charge in [0.1, 0.15) is 0 Å². The molecule has 2 saturated heterocycles. The normalized spacial score (nSPS) is 22.3. The Labute approximate surface area is 159 Å². The molecule has 0 aliphatic carbocycles. The first-order valence-corrected chi connectivity index (χ1v) is 10.6. The van der Waals surface area contributed by atoms with Crippen molar-refractivity contribution >= 4 is 23.6 Å². The Hall–Kier alpha value is -1.53. The smallest absolute Gasteiger partial charge is 0.251 e. The lowest BCUT2D eigenvalue weighted by atomic mass is 10.1. The van der Waals surface area contributed by atoms with Gasteiger partial charge in [-0.1, -0.05) is 18.2 Å². The van der Waals surface area contributed by atoms with Crippen molar-refractivity contribution in [1.82, 2.24) is 10.2 Å². The van der Waals surface area contributed by atoms with Crippen molar-refractivity contribution in [1.29, 1.82) is 0 Å². The van der Waals surface area contributed by atoms with Gasteiger partial charge in [-0.3, -0.25) is 9.59 Å². The van der Waals surface area contributed by atoms with Crippen LogP contribution >= 0.6 is 11.8 Å². The fourth-order valence-electron chi connectivity index (χ4n) is 3.58. The van der Waals surface area contributed by atoms with E-state index in [2.05, 4.69) is 5.32 Å². The summed E-state index contributed by atoms with van der Waals surface area (Å²) in [6.07, 6.45) is 3.68. The quantitative estimate of drug-likeness (QED) is 0.795. The van der Waals surface area contributed by atoms with Gasteiger partial charge < -0.3 is 15.0 Å². The van der Waals surface area contributed by atoms with Crippen LogP contribution in [0.3, 0.4) is 0 Å². The van der Waals surface area contributed by atoms with Crippen LogP contribution < -0.4 is 5.32 Å². The Balaban J connectivity index is 1.52. The molecule has 1 aromatic carbocycles. The molecule has 1 N–H and O–H groups in total. The van der Waals surface area contributed by atoms with Crippen LogP contribution in [0.25, 0.3) is 0 Å². The van der Waals surface area contributed by atoms with Gasteiger partial charge in [-0.25, -0.2) is 0 Å². The summed E-state index contributed by atoms with van der Waals surface area (Å²) < 4.78 is 5.74. The molecule has 2 aliphatic rings. The average molecular weight is 377 g/mol. The Bertz CT molecular complexity index is 625. The summed E-state index contributed by atoms with van der Waals surface area (Å²) in [7, 11) is 0. The molecule has 3 rings (SSSR count). The Kier molecular flexibility index (Phi) is 6.97. The molecule has 0 unspecified atom stereocenters. The predicted molar refractivity (Wildman–Crippen MR) is 105 cm³/mol. The molecule has 5 nitrogen and oxygen atoms in total. The van der Waals surface area contributed by atoms with Gasteiger partial charge in [-0.15, -0.1) is 0 Å². The predicted octanol–water partition coefficient (Wildman–Crippen LogP) is 2.63. The van der Waals surface area contributed by atoms with Crippen LogP contribution in [0, 0.1) is 6.92 Å². The second-order valence-corrected chi connectivity index (χ2v) is 8.17. The van der Waals surface area contributed by atoms with Gasteiger partial charge in [0, 0.05) is 43.5 Å². The molecule has 0 radical (unpaired) electrons. The number of nitrogens with one attached hydrogen (secondary N) is 1. The van der Waals surface area contributed by atoms with E-state index in [1.807, 2.05) is 47.9 Å². The summed E-state index contributed by atoms with van der Waals surface area (Å²) in [6.45, 7) is 3.78. The van der Waals surface area contributed by atoms with Crippen LogP contribution in [-0.4, -0.2) is 60.1 Å². The van der Waals surface area contributed by atoms with E-state index in [0.29, 0.717) is 31.1 Å². The summed E-state index contributed by atoms with van der Waals surface area (Å²) in [5.74, 6) is 2.13. The molecule has 142 valence electrons. The molecule has 6 heteroatoms. The number of hydrogen-bond donors (Lipinski definition) is 1. The van der Waals surface area contributed by atoms with Crippen LogP contribution in [0.5, 0.6) is 0 Å². The van der Waals surface area contributed by atoms with Crippen LogP contribution in [0.1, 0.15) is 41.6 Å². The summed E-state index contributed by atoms with van der Waals surface area (Å²) in [6, 6.07) is 7.81. The minimum Gasteiger partial charge on any atom is -0.376 e. The SMILES string of the molecule is Cc1ccccc1C(=O)NCCC(=O)N(C[C@H]1CCCO1)[C@H]1CCSC1. The van der Waals surface area contributed by atoms with E-state index in [-0.39, 0.29) is 17.9 Å². The maximum absolute atomic E-state index is 12.8. The zero-order chi connectivity index (χ0) is 18.4. The number of aryl methyl sites for hydroxylation is 1. The van der Waals surface area contributed by atoms with Crippen molar-refractivity contribution in [3.8, 4) is 0 Å². The standard InChI is InChI=1S/C20H28N2O3S/c1-15-5-2-3-7-18(15)20(24)21-10-8-19(23)22(16-9-12-26-14-16)13-17-6-4-11-25-17/h2-3,5,7,16-17H,4,6,8-14H2,1H3,(H,21,24)/t16-,17+/m0/s1. The van der Waals surface area contributed by atoms with E-state index in [9.17, 15) is 9.59 Å². The lowest BCUT2D eigenvalue weighted by Gasteiger charge is -2.31. The summed E-state index contributed by atoms with van der Waals surface area (Å²) in [5, 5.41) is 2.89. The van der Waals surface area contributed by atoms with E-state index >= 15 is 0 Å². The molecule has 1 aromatic rings. The van der Waals surface area contributed by atoms with Gasteiger partial charge in [-0.2, -0.15) is 11.8 Å². The molecule has 2 heterocycles. The van der Waals surface area contributed by atoms with E-state index in [1.54, 1.807) is 0 Å². The highest BCUT2D eigenvalue weighted by atomic mass is 32.2. The van der Waals surface area contributed by atoms with Crippen molar-refractivity contribution < 1.29 is 14.3 Å². The molecule has 2 aliphatic heterocycles. The fourth-order valence-corrected chi connectivity index (χ4v) is 4.80. The maximum Gasteiger partial charge on any atom is 0.251 e. The van der Waals surface area contributed by atoms with Gasteiger partial charge in [0.15, 0.2) is 0 Å². The number of nitrogens with zero attached hydrogens (tertiary/aromatic N) is 1. The van der Waals surface area contributed by atoms with Gasteiger partial charge in [0.05, 0.1) is 6.10 Å². The van der Waals surface area contributed by atoms with Gasteiger partial charge in [0.2, 0.25) is 5.91 Å². The topological polar surface area (TPSA) is 58.6 Å². The van der Waals surface area contributed by atoms with E-state index in [4.69, 9.17) is 4.74 Å². The van der Waals surface area contributed by atoms with Crippen LogP contribution in [0.4, 0.5) is 0 Å². The van der Waals surface area contributed by atoms with E-state index in [1.165, 1.54) is 0 Å². The Morgan fingerprint density at radius 1 is 1.31 bits per heavy atom. The minimum absolute atomic E-state index is 0.113. The molecule has 0 spiro atoms. The van der Waals surface area contributed by atoms with Crippen LogP contribution in [0.2, 0.25) is 0 Å². The zero-order valence-electron chi connectivity index (χ0n) is 15.4. The van der Waals surface area contributed by atoms with E-state index in [0.717, 1.165) is 42.9 Å². The summed E-state index contributed by atoms with van der Waals surface area (Å²) in [4.78, 5) is 27.1. The third kappa shape index (κ3) is 5.01. The first kappa shape index (κ1) is 19.2.